The van der Waals surface area contributed by atoms with Crippen molar-refractivity contribution in [1.29, 1.82) is 0 Å². The minimum absolute atomic E-state index is 0.203. The van der Waals surface area contributed by atoms with Gasteiger partial charge >= 0.3 is 12.0 Å². The van der Waals surface area contributed by atoms with Crippen LogP contribution in [0.15, 0.2) is 17.5 Å². The van der Waals surface area contributed by atoms with Crippen molar-refractivity contribution in [3.05, 3.63) is 22.4 Å². The Bertz CT molecular complexity index is 481. The molecule has 2 amide bonds. The van der Waals surface area contributed by atoms with Crippen LogP contribution in [0.5, 0.6) is 0 Å². The maximum absolute atomic E-state index is 12.2. The summed E-state index contributed by atoms with van der Waals surface area (Å²) in [5.74, 6) is -1.09. The lowest BCUT2D eigenvalue weighted by atomic mass is 10.2. The van der Waals surface area contributed by atoms with Gasteiger partial charge in [-0.15, -0.1) is 11.3 Å². The summed E-state index contributed by atoms with van der Waals surface area (Å²) in [7, 11) is 3.12. The minimum Gasteiger partial charge on any atom is -0.479 e. The molecule has 3 unspecified atom stereocenters. The van der Waals surface area contributed by atoms with Crippen LogP contribution in [0.3, 0.4) is 0 Å². The largest absolute Gasteiger partial charge is 0.479 e. The Balaban J connectivity index is 2.02. The summed E-state index contributed by atoms with van der Waals surface area (Å²) in [6.45, 7) is 0.745. The van der Waals surface area contributed by atoms with Gasteiger partial charge in [0.1, 0.15) is 12.2 Å². The number of carboxylic acid groups (broad SMARTS) is 1. The van der Waals surface area contributed by atoms with Gasteiger partial charge in [-0.2, -0.15) is 0 Å². The first kappa shape index (κ1) is 15.7. The molecule has 2 N–H and O–H groups in total. The van der Waals surface area contributed by atoms with Gasteiger partial charge in [0.25, 0.3) is 0 Å². The van der Waals surface area contributed by atoms with Crippen molar-refractivity contribution < 1.29 is 24.2 Å². The first-order valence-corrected chi connectivity index (χ1v) is 7.32. The molecule has 0 bridgehead atoms. The van der Waals surface area contributed by atoms with Gasteiger partial charge < -0.3 is 24.8 Å². The molecule has 1 aromatic heterocycles. The molecule has 0 radical (unpaired) electrons. The van der Waals surface area contributed by atoms with Crippen molar-refractivity contribution in [2.24, 2.45) is 0 Å². The zero-order chi connectivity index (χ0) is 15.4. The molecule has 3 atom stereocenters. The van der Waals surface area contributed by atoms with E-state index in [9.17, 15) is 14.7 Å². The average molecular weight is 314 g/mol. The number of amides is 2. The van der Waals surface area contributed by atoms with Crippen LogP contribution in [0.4, 0.5) is 4.79 Å². The Morgan fingerprint density at radius 1 is 1.38 bits per heavy atom. The normalized spacial score (nSPS) is 23.0. The summed E-state index contributed by atoms with van der Waals surface area (Å²) in [4.78, 5) is 25.6. The number of carbonyl (C=O) groups is 2. The van der Waals surface area contributed by atoms with E-state index in [0.717, 1.165) is 0 Å². The molecule has 0 saturated carbocycles. The van der Waals surface area contributed by atoms with E-state index >= 15 is 0 Å². The lowest BCUT2D eigenvalue weighted by Crippen LogP contribution is -2.43. The number of methoxy groups -OCH3 is 2. The quantitative estimate of drug-likeness (QED) is 0.844. The van der Waals surface area contributed by atoms with Gasteiger partial charge in [0.2, 0.25) is 0 Å². The second kappa shape index (κ2) is 6.88. The number of hydrogen-bond donors (Lipinski definition) is 2. The molecule has 1 aliphatic heterocycles. The zero-order valence-electron chi connectivity index (χ0n) is 11.8. The summed E-state index contributed by atoms with van der Waals surface area (Å²) >= 11 is 1.29. The number of urea groups is 1. The van der Waals surface area contributed by atoms with Crippen LogP contribution in [0, 0.1) is 0 Å². The molecule has 0 spiro atoms. The van der Waals surface area contributed by atoms with E-state index in [0.29, 0.717) is 18.0 Å². The Kier molecular flexibility index (Phi) is 5.16. The van der Waals surface area contributed by atoms with Gasteiger partial charge in [-0.1, -0.05) is 6.07 Å². The second-order valence-electron chi connectivity index (χ2n) is 4.69. The van der Waals surface area contributed by atoms with Gasteiger partial charge in [0, 0.05) is 19.1 Å². The van der Waals surface area contributed by atoms with Crippen LogP contribution >= 0.6 is 11.3 Å². The Morgan fingerprint density at radius 2 is 2.00 bits per heavy atom. The number of hydrogen-bond acceptors (Lipinski definition) is 5. The predicted octanol–water partition coefficient (Wildman–Crippen LogP) is 0.929. The molecule has 2 rings (SSSR count). The van der Waals surface area contributed by atoms with E-state index in [1.165, 1.54) is 16.2 Å². The molecule has 21 heavy (non-hydrogen) atoms. The summed E-state index contributed by atoms with van der Waals surface area (Å²) in [5, 5.41) is 13.6. The van der Waals surface area contributed by atoms with Gasteiger partial charge in [0.15, 0.2) is 6.04 Å². The van der Waals surface area contributed by atoms with Crippen LogP contribution in [-0.2, 0) is 14.3 Å². The average Bonchev–Trinajstić information content (AvgIpc) is 3.12. The third-order valence-electron chi connectivity index (χ3n) is 3.45. The van der Waals surface area contributed by atoms with E-state index in [1.807, 2.05) is 0 Å². The van der Waals surface area contributed by atoms with Crippen molar-refractivity contribution >= 4 is 23.3 Å². The third-order valence-corrected chi connectivity index (χ3v) is 4.39. The monoisotopic (exact) mass is 314 g/mol. The third kappa shape index (κ3) is 3.52. The molecule has 1 aliphatic rings. The van der Waals surface area contributed by atoms with E-state index in [2.05, 4.69) is 5.32 Å². The SMILES string of the molecule is COC1CN(C(=O)NC(C(=O)O)c2cccs2)CC1OC. The van der Waals surface area contributed by atoms with E-state index < -0.39 is 18.0 Å². The van der Waals surface area contributed by atoms with Crippen molar-refractivity contribution in [3.63, 3.8) is 0 Å². The maximum atomic E-state index is 12.2. The number of nitrogens with zero attached hydrogens (tertiary/aromatic N) is 1. The fourth-order valence-corrected chi connectivity index (χ4v) is 3.05. The first-order chi connectivity index (χ1) is 10.1. The summed E-state index contributed by atoms with van der Waals surface area (Å²) in [6, 6.07) is 1.96. The number of rotatable bonds is 5. The van der Waals surface area contributed by atoms with Gasteiger partial charge in [-0.25, -0.2) is 9.59 Å². The summed E-state index contributed by atoms with van der Waals surface area (Å²) < 4.78 is 10.5. The molecular formula is C13H18N2O5S. The molecule has 116 valence electrons. The van der Waals surface area contributed by atoms with Crippen molar-refractivity contribution in [2.75, 3.05) is 27.3 Å². The van der Waals surface area contributed by atoms with Crippen molar-refractivity contribution in [1.82, 2.24) is 10.2 Å². The zero-order valence-corrected chi connectivity index (χ0v) is 12.6. The highest BCUT2D eigenvalue weighted by atomic mass is 32.1. The number of ether oxygens (including phenoxy) is 2. The molecule has 0 aliphatic carbocycles. The van der Waals surface area contributed by atoms with Gasteiger partial charge in [0.05, 0.1) is 13.1 Å². The highest BCUT2D eigenvalue weighted by molar-refractivity contribution is 7.10. The highest BCUT2D eigenvalue weighted by Crippen LogP contribution is 2.21. The van der Waals surface area contributed by atoms with E-state index in [1.54, 1.807) is 31.7 Å². The van der Waals surface area contributed by atoms with Crippen LogP contribution in [-0.4, -0.2) is 61.5 Å². The van der Waals surface area contributed by atoms with E-state index in [-0.39, 0.29) is 12.2 Å². The van der Waals surface area contributed by atoms with Crippen LogP contribution in [0.2, 0.25) is 0 Å². The van der Waals surface area contributed by atoms with Crippen LogP contribution in [0.1, 0.15) is 10.9 Å². The first-order valence-electron chi connectivity index (χ1n) is 6.44. The molecule has 7 nitrogen and oxygen atoms in total. The molecular weight excluding hydrogens is 296 g/mol. The predicted molar refractivity (Wildman–Crippen MR) is 76.4 cm³/mol. The standard InChI is InChI=1S/C13H18N2O5S/c1-19-8-6-15(7-9(8)20-2)13(18)14-11(12(16)17)10-4-3-5-21-10/h3-5,8-9,11H,6-7H2,1-2H3,(H,14,18)(H,16,17). The topological polar surface area (TPSA) is 88.1 Å². The van der Waals surface area contributed by atoms with Crippen molar-refractivity contribution in [2.45, 2.75) is 18.2 Å². The number of carbonyl (C=O) groups excluding carboxylic acids is 1. The molecule has 2 heterocycles. The lowest BCUT2D eigenvalue weighted by molar-refractivity contribution is -0.139. The van der Waals surface area contributed by atoms with Crippen molar-refractivity contribution in [3.8, 4) is 0 Å². The Hall–Kier alpha value is -1.64. The second-order valence-corrected chi connectivity index (χ2v) is 5.67. The molecule has 1 aromatic rings. The van der Waals surface area contributed by atoms with Crippen LogP contribution in [0.25, 0.3) is 0 Å². The molecule has 1 fully saturated rings. The summed E-state index contributed by atoms with van der Waals surface area (Å²) in [6.07, 6.45) is -0.406. The van der Waals surface area contributed by atoms with Crippen LogP contribution < -0.4 is 5.32 Å². The Morgan fingerprint density at radius 3 is 2.43 bits per heavy atom. The number of nitrogens with one attached hydrogen (secondary N) is 1. The molecule has 0 aromatic carbocycles. The number of carboxylic acids is 1. The van der Waals surface area contributed by atoms with E-state index in [4.69, 9.17) is 9.47 Å². The highest BCUT2D eigenvalue weighted by Gasteiger charge is 2.37. The lowest BCUT2D eigenvalue weighted by Gasteiger charge is -2.20. The smallest absolute Gasteiger partial charge is 0.331 e. The fourth-order valence-electron chi connectivity index (χ4n) is 2.29. The number of aliphatic carboxylic acids is 1. The minimum atomic E-state index is -1.09. The number of likely N-dealkylation sites (tertiary alicyclic amines) is 1. The van der Waals surface area contributed by atoms with Gasteiger partial charge in [-0.05, 0) is 11.4 Å². The molecule has 8 heteroatoms. The maximum Gasteiger partial charge on any atom is 0.331 e. The fraction of sp³-hybridized carbons (Fsp3) is 0.538. The Labute approximate surface area is 126 Å². The number of thiophene rings is 1. The molecule has 1 saturated heterocycles. The summed E-state index contributed by atoms with van der Waals surface area (Å²) in [5.41, 5.74) is 0. The van der Waals surface area contributed by atoms with Gasteiger partial charge in [-0.3, -0.25) is 0 Å².